The van der Waals surface area contributed by atoms with Crippen molar-refractivity contribution in [1.29, 1.82) is 0 Å². The summed E-state index contributed by atoms with van der Waals surface area (Å²) in [6.07, 6.45) is 8.38. The van der Waals surface area contributed by atoms with Crippen molar-refractivity contribution in [3.8, 4) is 10.6 Å². The molecular weight excluding hydrogens is 330 g/mol. The molecule has 1 amide bonds. The number of carbonyl (C=O) groups excluding carboxylic acids is 1. The maximum Gasteiger partial charge on any atom is 0.333 e. The zero-order valence-electron chi connectivity index (χ0n) is 12.5. The van der Waals surface area contributed by atoms with Crippen molar-refractivity contribution in [1.82, 2.24) is 19.5 Å². The van der Waals surface area contributed by atoms with Crippen molar-refractivity contribution < 1.29 is 4.79 Å². The van der Waals surface area contributed by atoms with Gasteiger partial charge in [-0.05, 0) is 25.7 Å². The second kappa shape index (κ2) is 5.86. The number of hydrogen-bond donors (Lipinski definition) is 1. The largest absolute Gasteiger partial charge is 0.333 e. The third-order valence-corrected chi connectivity index (χ3v) is 5.66. The molecule has 1 saturated carbocycles. The van der Waals surface area contributed by atoms with Gasteiger partial charge in [0.2, 0.25) is 0 Å². The summed E-state index contributed by atoms with van der Waals surface area (Å²) in [7, 11) is 0. The first kappa shape index (κ1) is 14.5. The van der Waals surface area contributed by atoms with Gasteiger partial charge >= 0.3 is 6.03 Å². The third kappa shape index (κ3) is 3.18. The predicted molar refractivity (Wildman–Crippen MR) is 91.0 cm³/mol. The van der Waals surface area contributed by atoms with Crippen LogP contribution in [0.25, 0.3) is 10.6 Å². The van der Waals surface area contributed by atoms with E-state index >= 15 is 0 Å². The smallest absolute Gasteiger partial charge is 0.283 e. The van der Waals surface area contributed by atoms with Crippen LogP contribution in [0, 0.1) is 12.8 Å². The molecule has 6 nitrogen and oxygen atoms in total. The molecule has 1 N–H and O–H groups in total. The van der Waals surface area contributed by atoms with Crippen LogP contribution in [0.2, 0.25) is 0 Å². The van der Waals surface area contributed by atoms with Gasteiger partial charge in [-0.2, -0.15) is 0 Å². The lowest BCUT2D eigenvalue weighted by atomic mass is 10.3. The van der Waals surface area contributed by atoms with Crippen LogP contribution in [0.4, 0.5) is 9.93 Å². The number of aromatic nitrogens is 4. The molecule has 0 aliphatic heterocycles. The molecule has 0 unspecified atom stereocenters. The van der Waals surface area contributed by atoms with Crippen LogP contribution < -0.4 is 5.32 Å². The van der Waals surface area contributed by atoms with Gasteiger partial charge in [-0.3, -0.25) is 9.88 Å². The van der Waals surface area contributed by atoms with Crippen LogP contribution in [0.1, 0.15) is 23.5 Å². The molecule has 1 aliphatic rings. The average molecular weight is 345 g/mol. The van der Waals surface area contributed by atoms with Crippen LogP contribution in [0.5, 0.6) is 0 Å². The highest BCUT2D eigenvalue weighted by Crippen LogP contribution is 2.37. The normalized spacial score (nSPS) is 14.1. The van der Waals surface area contributed by atoms with Crippen LogP contribution in [-0.2, 0) is 6.42 Å². The van der Waals surface area contributed by atoms with E-state index in [1.165, 1.54) is 40.1 Å². The Morgan fingerprint density at radius 1 is 1.43 bits per heavy atom. The van der Waals surface area contributed by atoms with Crippen molar-refractivity contribution in [2.45, 2.75) is 26.2 Å². The molecule has 1 aliphatic carbocycles. The molecule has 3 heterocycles. The minimum Gasteiger partial charge on any atom is -0.283 e. The number of carbonyl (C=O) groups is 1. The van der Waals surface area contributed by atoms with E-state index in [1.807, 2.05) is 6.92 Å². The Bertz CT molecular complexity index is 832. The summed E-state index contributed by atoms with van der Waals surface area (Å²) in [5, 5.41) is 6.65. The fourth-order valence-corrected chi connectivity index (χ4v) is 4.19. The van der Waals surface area contributed by atoms with Crippen LogP contribution in [0.3, 0.4) is 0 Å². The van der Waals surface area contributed by atoms with Crippen molar-refractivity contribution in [2.24, 2.45) is 5.92 Å². The minimum atomic E-state index is -0.268. The van der Waals surface area contributed by atoms with Gasteiger partial charge in [-0.1, -0.05) is 11.3 Å². The van der Waals surface area contributed by atoms with E-state index in [0.29, 0.717) is 5.13 Å². The van der Waals surface area contributed by atoms with Crippen LogP contribution in [-0.4, -0.2) is 25.6 Å². The van der Waals surface area contributed by atoms with Crippen LogP contribution in [0.15, 0.2) is 24.1 Å². The molecular formula is C15H15N5OS2. The third-order valence-electron chi connectivity index (χ3n) is 3.69. The van der Waals surface area contributed by atoms with Crippen molar-refractivity contribution in [3.05, 3.63) is 34.8 Å². The number of anilines is 1. The topological polar surface area (TPSA) is 72.7 Å². The first-order valence-corrected chi connectivity index (χ1v) is 9.10. The zero-order chi connectivity index (χ0) is 15.8. The lowest BCUT2D eigenvalue weighted by Crippen LogP contribution is -2.17. The Balaban J connectivity index is 1.52. The number of amides is 1. The first-order valence-electron chi connectivity index (χ1n) is 7.40. The standard InChI is InChI=1S/C15H15N5OS2/c1-9-13(11-7-22-12(18-11)6-10-2-3-10)23-14(17-9)19-15(21)20-5-4-16-8-20/h4-5,7-8,10H,2-3,6H2,1H3,(H,17,19,21). The van der Waals surface area contributed by atoms with Crippen LogP contribution >= 0.6 is 22.7 Å². The molecule has 1 fully saturated rings. The van der Waals surface area contributed by atoms with E-state index in [4.69, 9.17) is 4.98 Å². The van der Waals surface area contributed by atoms with Gasteiger partial charge in [0.15, 0.2) is 5.13 Å². The summed E-state index contributed by atoms with van der Waals surface area (Å²) in [6, 6.07) is -0.268. The predicted octanol–water partition coefficient (Wildman–Crippen LogP) is 3.80. The minimum absolute atomic E-state index is 0.268. The molecule has 3 aromatic rings. The number of aryl methyl sites for hydroxylation is 1. The Hall–Kier alpha value is -2.06. The second-order valence-electron chi connectivity index (χ2n) is 5.61. The highest BCUT2D eigenvalue weighted by Gasteiger charge is 2.23. The van der Waals surface area contributed by atoms with Gasteiger partial charge in [-0.25, -0.2) is 19.7 Å². The fraction of sp³-hybridized carbons (Fsp3) is 0.333. The number of thiazole rings is 2. The molecule has 0 aromatic carbocycles. The summed E-state index contributed by atoms with van der Waals surface area (Å²) in [4.78, 5) is 26.1. The average Bonchev–Trinajstić information content (AvgIpc) is 2.96. The lowest BCUT2D eigenvalue weighted by Gasteiger charge is -2.00. The number of hydrogen-bond acceptors (Lipinski definition) is 6. The highest BCUT2D eigenvalue weighted by atomic mass is 32.1. The summed E-state index contributed by atoms with van der Waals surface area (Å²) in [5.74, 6) is 0.835. The van der Waals surface area contributed by atoms with E-state index in [1.54, 1.807) is 23.7 Å². The van der Waals surface area contributed by atoms with Gasteiger partial charge in [-0.15, -0.1) is 11.3 Å². The number of nitrogens with zero attached hydrogens (tertiary/aromatic N) is 4. The monoisotopic (exact) mass is 345 g/mol. The van der Waals surface area contributed by atoms with E-state index in [2.05, 4.69) is 20.7 Å². The Morgan fingerprint density at radius 3 is 3.04 bits per heavy atom. The van der Waals surface area contributed by atoms with Gasteiger partial charge in [0.25, 0.3) is 0 Å². The lowest BCUT2D eigenvalue weighted by molar-refractivity contribution is 0.253. The number of nitrogens with one attached hydrogen (secondary N) is 1. The van der Waals surface area contributed by atoms with Crippen molar-refractivity contribution in [3.63, 3.8) is 0 Å². The van der Waals surface area contributed by atoms with Crippen molar-refractivity contribution >= 4 is 33.8 Å². The fourth-order valence-electron chi connectivity index (χ4n) is 2.30. The maximum atomic E-state index is 12.0. The van der Waals surface area contributed by atoms with Gasteiger partial charge in [0.1, 0.15) is 6.33 Å². The van der Waals surface area contributed by atoms with Gasteiger partial charge in [0.05, 0.1) is 21.3 Å². The SMILES string of the molecule is Cc1nc(NC(=O)n2ccnc2)sc1-c1csc(CC2CC2)n1. The molecule has 0 radical (unpaired) electrons. The summed E-state index contributed by atoms with van der Waals surface area (Å²) in [5.41, 5.74) is 1.85. The Morgan fingerprint density at radius 2 is 2.30 bits per heavy atom. The molecule has 0 spiro atoms. The van der Waals surface area contributed by atoms with Gasteiger partial charge in [0, 0.05) is 24.2 Å². The first-order chi connectivity index (χ1) is 11.2. The second-order valence-corrected chi connectivity index (χ2v) is 7.55. The summed E-state index contributed by atoms with van der Waals surface area (Å²) in [6.45, 7) is 1.94. The molecule has 0 saturated heterocycles. The molecule has 3 aromatic heterocycles. The molecule has 8 heteroatoms. The van der Waals surface area contributed by atoms with Crippen molar-refractivity contribution in [2.75, 3.05) is 5.32 Å². The molecule has 0 bridgehead atoms. The summed E-state index contributed by atoms with van der Waals surface area (Å²) < 4.78 is 1.38. The Kier molecular flexibility index (Phi) is 3.70. The zero-order valence-corrected chi connectivity index (χ0v) is 14.2. The number of rotatable bonds is 4. The van der Waals surface area contributed by atoms with E-state index in [0.717, 1.165) is 28.6 Å². The quantitative estimate of drug-likeness (QED) is 0.780. The molecule has 118 valence electrons. The Labute approximate surface area is 141 Å². The molecule has 0 atom stereocenters. The summed E-state index contributed by atoms with van der Waals surface area (Å²) >= 11 is 3.16. The van der Waals surface area contributed by atoms with E-state index < -0.39 is 0 Å². The maximum absolute atomic E-state index is 12.0. The highest BCUT2D eigenvalue weighted by molar-refractivity contribution is 7.19. The molecule has 23 heavy (non-hydrogen) atoms. The number of imidazole rings is 1. The van der Waals surface area contributed by atoms with Gasteiger partial charge < -0.3 is 0 Å². The van der Waals surface area contributed by atoms with E-state index in [-0.39, 0.29) is 6.03 Å². The van der Waals surface area contributed by atoms with E-state index in [9.17, 15) is 4.79 Å². The molecule has 4 rings (SSSR count).